The van der Waals surface area contributed by atoms with Crippen molar-refractivity contribution in [2.24, 2.45) is 0 Å². The van der Waals surface area contributed by atoms with Crippen molar-refractivity contribution in [3.63, 3.8) is 0 Å². The van der Waals surface area contributed by atoms with Gasteiger partial charge in [0.15, 0.2) is 0 Å². The maximum atomic E-state index is 12.4. The molecule has 1 N–H and O–H groups in total. The van der Waals surface area contributed by atoms with Crippen molar-refractivity contribution in [3.05, 3.63) is 71.3 Å². The molecule has 0 heterocycles. The second-order valence-electron chi connectivity index (χ2n) is 9.67. The van der Waals surface area contributed by atoms with Crippen LogP contribution in [0.15, 0.2) is 54.6 Å². The summed E-state index contributed by atoms with van der Waals surface area (Å²) >= 11 is 0. The van der Waals surface area contributed by atoms with E-state index in [4.69, 9.17) is 14.2 Å². The van der Waals surface area contributed by atoms with Gasteiger partial charge in [-0.05, 0) is 76.0 Å². The molecule has 0 radical (unpaired) electrons. The molecule has 0 fully saturated rings. The Morgan fingerprint density at radius 2 is 1.44 bits per heavy atom. The van der Waals surface area contributed by atoms with Crippen molar-refractivity contribution in [2.75, 3.05) is 20.5 Å². The third-order valence-corrected chi connectivity index (χ3v) is 5.44. The number of benzene rings is 2. The fourth-order valence-corrected chi connectivity index (χ4v) is 3.65. The maximum absolute atomic E-state index is 12.4. The van der Waals surface area contributed by atoms with Crippen LogP contribution in [-0.4, -0.2) is 44.0 Å². The highest BCUT2D eigenvalue weighted by Crippen LogP contribution is 2.18. The van der Waals surface area contributed by atoms with E-state index >= 15 is 0 Å². The Morgan fingerprint density at radius 3 is 1.97 bits per heavy atom. The quantitative estimate of drug-likeness (QED) is 0.232. The number of carbonyl (C=O) groups excluding carboxylic acids is 2. The van der Waals surface area contributed by atoms with Gasteiger partial charge in [0.25, 0.3) is 0 Å². The Morgan fingerprint density at radius 1 is 0.882 bits per heavy atom. The van der Waals surface area contributed by atoms with E-state index < -0.39 is 17.2 Å². The number of aryl methyl sites for hydroxylation is 3. The summed E-state index contributed by atoms with van der Waals surface area (Å²) in [6.45, 7) is 5.37. The van der Waals surface area contributed by atoms with Crippen LogP contribution < -0.4 is 5.32 Å². The molecule has 0 spiro atoms. The Kier molecular flexibility index (Phi) is 11.2. The molecule has 0 aliphatic heterocycles. The summed E-state index contributed by atoms with van der Waals surface area (Å²) in [5.41, 5.74) is 1.91. The number of hydrogen-bond acceptors (Lipinski definition) is 5. The normalized spacial score (nSPS) is 13.2. The van der Waals surface area contributed by atoms with E-state index in [0.29, 0.717) is 12.8 Å². The predicted octanol–water partition coefficient (Wildman–Crippen LogP) is 5.27. The molecule has 2 aromatic rings. The zero-order valence-corrected chi connectivity index (χ0v) is 21.0. The minimum atomic E-state index is -1.20. The van der Waals surface area contributed by atoms with Crippen molar-refractivity contribution in [3.8, 4) is 0 Å². The number of methoxy groups -OCH3 is 1. The van der Waals surface area contributed by atoms with Crippen molar-refractivity contribution in [1.82, 2.24) is 5.32 Å². The lowest BCUT2D eigenvalue weighted by atomic mass is 9.93. The zero-order chi connectivity index (χ0) is 24.9. The van der Waals surface area contributed by atoms with Crippen molar-refractivity contribution in [2.45, 2.75) is 70.4 Å². The zero-order valence-electron chi connectivity index (χ0n) is 21.0. The topological polar surface area (TPSA) is 73.9 Å². The highest BCUT2D eigenvalue weighted by Gasteiger charge is 2.34. The maximum Gasteiger partial charge on any atom is 0.408 e. The average molecular weight is 470 g/mol. The first kappa shape index (κ1) is 27.5. The highest BCUT2D eigenvalue weighted by molar-refractivity contribution is 5.77. The molecule has 0 aromatic heterocycles. The molecule has 6 heteroatoms. The second-order valence-corrected chi connectivity index (χ2v) is 9.67. The summed E-state index contributed by atoms with van der Waals surface area (Å²) < 4.78 is 15.7. The van der Waals surface area contributed by atoms with E-state index in [2.05, 4.69) is 53.8 Å². The van der Waals surface area contributed by atoms with Crippen LogP contribution in [-0.2, 0) is 38.3 Å². The molecule has 0 aliphatic rings. The summed E-state index contributed by atoms with van der Waals surface area (Å²) in [5.74, 6) is 0. The van der Waals surface area contributed by atoms with Crippen LogP contribution in [0.2, 0.25) is 0 Å². The molecule has 1 atom stereocenters. The molecule has 34 heavy (non-hydrogen) atoms. The summed E-state index contributed by atoms with van der Waals surface area (Å²) in [5, 5.41) is 2.72. The minimum absolute atomic E-state index is 0.00306. The molecule has 0 aliphatic carbocycles. The van der Waals surface area contributed by atoms with Crippen LogP contribution in [0.25, 0.3) is 0 Å². The van der Waals surface area contributed by atoms with Crippen molar-refractivity contribution in [1.29, 1.82) is 0 Å². The monoisotopic (exact) mass is 469 g/mol. The van der Waals surface area contributed by atoms with Crippen LogP contribution in [0.5, 0.6) is 0 Å². The number of nitrogens with one attached hydrogen (secondary N) is 1. The van der Waals surface area contributed by atoms with Gasteiger partial charge < -0.3 is 24.3 Å². The van der Waals surface area contributed by atoms with E-state index in [1.165, 1.54) is 18.2 Å². The first-order valence-corrected chi connectivity index (χ1v) is 11.9. The fraction of sp³-hybridized carbons (Fsp3) is 0.500. The van der Waals surface area contributed by atoms with Gasteiger partial charge in [-0.1, -0.05) is 54.6 Å². The molecule has 2 rings (SSSR count). The van der Waals surface area contributed by atoms with E-state index in [1.54, 1.807) is 20.8 Å². The summed E-state index contributed by atoms with van der Waals surface area (Å²) in [7, 11) is 1.51. The second kappa shape index (κ2) is 13.9. The number of hydrogen-bond donors (Lipinski definition) is 1. The van der Waals surface area contributed by atoms with E-state index in [9.17, 15) is 9.59 Å². The molecular weight excluding hydrogens is 430 g/mol. The van der Waals surface area contributed by atoms with Crippen LogP contribution in [0.1, 0.15) is 56.7 Å². The summed E-state index contributed by atoms with van der Waals surface area (Å²) in [4.78, 5) is 24.4. The van der Waals surface area contributed by atoms with Crippen molar-refractivity contribution < 1.29 is 23.8 Å². The number of unbranched alkanes of at least 4 members (excludes halogenated alkanes) is 1. The molecule has 186 valence electrons. The molecule has 1 amide bonds. The number of rotatable bonds is 14. The number of ether oxygens (including phenoxy) is 3. The van der Waals surface area contributed by atoms with E-state index in [1.807, 2.05) is 6.07 Å². The Bertz CT molecular complexity index is 861. The lowest BCUT2D eigenvalue weighted by molar-refractivity contribution is -0.119. The Balaban J connectivity index is 1.89. The third-order valence-electron chi connectivity index (χ3n) is 5.44. The highest BCUT2D eigenvalue weighted by atomic mass is 16.7. The predicted molar refractivity (Wildman–Crippen MR) is 134 cm³/mol. The van der Waals surface area contributed by atoms with Crippen LogP contribution in [0.3, 0.4) is 0 Å². The lowest BCUT2D eigenvalue weighted by Crippen LogP contribution is -2.55. The van der Waals surface area contributed by atoms with E-state index in [0.717, 1.165) is 37.5 Å². The van der Waals surface area contributed by atoms with Crippen LogP contribution >= 0.6 is 0 Å². The Hall–Kier alpha value is -2.70. The van der Waals surface area contributed by atoms with Gasteiger partial charge in [-0.2, -0.15) is 0 Å². The minimum Gasteiger partial charge on any atom is -0.444 e. The number of aldehydes is 1. The lowest BCUT2D eigenvalue weighted by Gasteiger charge is -2.30. The molecule has 0 saturated heterocycles. The van der Waals surface area contributed by atoms with Gasteiger partial charge in [0.05, 0.1) is 6.61 Å². The van der Waals surface area contributed by atoms with Gasteiger partial charge >= 0.3 is 6.09 Å². The largest absolute Gasteiger partial charge is 0.444 e. The van der Waals surface area contributed by atoms with E-state index in [-0.39, 0.29) is 13.4 Å². The van der Waals surface area contributed by atoms with Gasteiger partial charge in [-0.3, -0.25) is 0 Å². The summed E-state index contributed by atoms with van der Waals surface area (Å²) in [6.07, 6.45) is 5.51. The fourth-order valence-electron chi connectivity index (χ4n) is 3.65. The molecule has 2 aromatic carbocycles. The first-order chi connectivity index (χ1) is 16.3. The van der Waals surface area contributed by atoms with Gasteiger partial charge in [-0.15, -0.1) is 0 Å². The van der Waals surface area contributed by atoms with Gasteiger partial charge in [0.2, 0.25) is 0 Å². The van der Waals surface area contributed by atoms with Gasteiger partial charge in [-0.25, -0.2) is 4.79 Å². The standard InChI is InChI=1S/C28H39NO5/c1-27(2,3)34-26(31)29-28(20-30,21-33-22-32-4)19-18-25-16-14-24(15-17-25)13-9-8-12-23-10-6-5-7-11-23/h5-7,10-11,14-17,20H,8-9,12-13,18-19,21-22H2,1-4H3,(H,29,31). The molecule has 0 bridgehead atoms. The van der Waals surface area contributed by atoms with Crippen LogP contribution in [0, 0.1) is 0 Å². The molecular formula is C28H39NO5. The number of alkyl carbamates (subject to hydrolysis) is 1. The molecule has 6 nitrogen and oxygen atoms in total. The van der Waals surface area contributed by atoms with Crippen molar-refractivity contribution >= 4 is 12.4 Å². The SMILES string of the molecule is COCOCC(C=O)(CCc1ccc(CCCCc2ccccc2)cc1)NC(=O)OC(C)(C)C. The smallest absolute Gasteiger partial charge is 0.408 e. The number of carbonyl (C=O) groups is 2. The molecule has 1 unspecified atom stereocenters. The van der Waals surface area contributed by atoms with Gasteiger partial charge in [0, 0.05) is 7.11 Å². The average Bonchev–Trinajstić information content (AvgIpc) is 2.80. The van der Waals surface area contributed by atoms with Gasteiger partial charge in [0.1, 0.15) is 24.2 Å². The third kappa shape index (κ3) is 10.5. The first-order valence-electron chi connectivity index (χ1n) is 11.9. The Labute approximate surface area is 204 Å². The number of amides is 1. The van der Waals surface area contributed by atoms with Crippen LogP contribution in [0.4, 0.5) is 4.79 Å². The summed E-state index contributed by atoms with van der Waals surface area (Å²) in [6, 6.07) is 19.0. The molecule has 0 saturated carbocycles.